The van der Waals surface area contributed by atoms with E-state index < -0.39 is 0 Å². The van der Waals surface area contributed by atoms with Crippen molar-refractivity contribution in [1.82, 2.24) is 14.5 Å². The van der Waals surface area contributed by atoms with Gasteiger partial charge in [-0.3, -0.25) is 0 Å². The number of anilines is 1. The molecule has 0 saturated heterocycles. The van der Waals surface area contributed by atoms with Crippen molar-refractivity contribution < 1.29 is 0 Å². The van der Waals surface area contributed by atoms with Gasteiger partial charge in [0, 0.05) is 11.1 Å². The lowest BCUT2D eigenvalue weighted by molar-refractivity contribution is 0.850. The molecule has 4 nitrogen and oxygen atoms in total. The van der Waals surface area contributed by atoms with Crippen LogP contribution in [0.2, 0.25) is 5.02 Å². The highest BCUT2D eigenvalue weighted by Gasteiger charge is 2.11. The summed E-state index contributed by atoms with van der Waals surface area (Å²) in [6, 6.07) is 5.69. The Labute approximate surface area is 113 Å². The number of nitrogens with zero attached hydrogens (tertiary/aromatic N) is 3. The van der Waals surface area contributed by atoms with E-state index in [1.165, 1.54) is 0 Å². The smallest absolute Gasteiger partial charge is 0.201 e. The van der Waals surface area contributed by atoms with Crippen LogP contribution in [0.1, 0.15) is 9.88 Å². The van der Waals surface area contributed by atoms with Gasteiger partial charge < -0.3 is 10.3 Å². The molecule has 0 aliphatic carbocycles. The number of hydrogen-bond donors (Lipinski definition) is 1. The van der Waals surface area contributed by atoms with Crippen LogP contribution in [0.4, 0.5) is 5.95 Å². The number of hydrogen-bond acceptors (Lipinski definition) is 4. The molecule has 92 valence electrons. The highest BCUT2D eigenvalue weighted by molar-refractivity contribution is 7.11. The number of imidazole rings is 1. The van der Waals surface area contributed by atoms with Gasteiger partial charge >= 0.3 is 0 Å². The fourth-order valence-corrected chi connectivity index (χ4v) is 2.93. The molecule has 2 aromatic heterocycles. The molecule has 0 fully saturated rings. The second-order valence-electron chi connectivity index (χ2n) is 4.01. The Morgan fingerprint density at radius 1 is 1.44 bits per heavy atom. The Morgan fingerprint density at radius 2 is 2.28 bits per heavy atom. The quantitative estimate of drug-likeness (QED) is 0.784. The lowest BCUT2D eigenvalue weighted by Gasteiger charge is -2.03. The SMILES string of the molecule is Cc1ncc(Cn2c(N)nc3c(Cl)cccc32)s1. The molecular formula is C12H11ClN4S. The van der Waals surface area contributed by atoms with Crippen molar-refractivity contribution in [3.05, 3.63) is 39.3 Å². The number of nitrogens with two attached hydrogens (primary N) is 1. The molecule has 0 aliphatic rings. The Bertz CT molecular complexity index is 716. The van der Waals surface area contributed by atoms with E-state index in [2.05, 4.69) is 9.97 Å². The number of aromatic nitrogens is 3. The summed E-state index contributed by atoms with van der Waals surface area (Å²) in [5, 5.41) is 1.67. The summed E-state index contributed by atoms with van der Waals surface area (Å²) >= 11 is 7.77. The lowest BCUT2D eigenvalue weighted by Crippen LogP contribution is -2.03. The third-order valence-corrected chi connectivity index (χ3v) is 3.94. The maximum absolute atomic E-state index is 6.11. The van der Waals surface area contributed by atoms with Crippen LogP contribution in [0.3, 0.4) is 0 Å². The molecule has 0 aliphatic heterocycles. The van der Waals surface area contributed by atoms with E-state index in [0.717, 1.165) is 20.9 Å². The maximum Gasteiger partial charge on any atom is 0.201 e. The standard InChI is InChI=1S/C12H11ClN4S/c1-7-15-5-8(18-7)6-17-10-4-2-3-9(13)11(10)16-12(17)14/h2-5H,6H2,1H3,(H2,14,16). The first-order chi connectivity index (χ1) is 8.65. The number of rotatable bonds is 2. The number of thiazole rings is 1. The van der Waals surface area contributed by atoms with Gasteiger partial charge in [-0.15, -0.1) is 11.3 Å². The molecular weight excluding hydrogens is 268 g/mol. The van der Waals surface area contributed by atoms with Crippen LogP contribution in [0.15, 0.2) is 24.4 Å². The molecule has 0 saturated carbocycles. The average molecular weight is 279 g/mol. The number of fused-ring (bicyclic) bond motifs is 1. The summed E-state index contributed by atoms with van der Waals surface area (Å²) in [6.45, 7) is 2.66. The van der Waals surface area contributed by atoms with Gasteiger partial charge in [-0.1, -0.05) is 17.7 Å². The van der Waals surface area contributed by atoms with Crippen molar-refractivity contribution in [2.75, 3.05) is 5.73 Å². The first kappa shape index (κ1) is 11.5. The van der Waals surface area contributed by atoms with E-state index in [4.69, 9.17) is 17.3 Å². The third-order valence-electron chi connectivity index (χ3n) is 2.74. The third kappa shape index (κ3) is 1.85. The summed E-state index contributed by atoms with van der Waals surface area (Å²) in [4.78, 5) is 9.70. The molecule has 0 spiro atoms. The molecule has 3 rings (SSSR count). The normalized spacial score (nSPS) is 11.2. The fraction of sp³-hybridized carbons (Fsp3) is 0.167. The van der Waals surface area contributed by atoms with E-state index in [-0.39, 0.29) is 0 Å². The Hall–Kier alpha value is -1.59. The summed E-state index contributed by atoms with van der Waals surface area (Å²) in [7, 11) is 0. The fourth-order valence-electron chi connectivity index (χ4n) is 1.93. The van der Waals surface area contributed by atoms with Crippen molar-refractivity contribution >= 4 is 39.9 Å². The Kier molecular flexibility index (Phi) is 2.72. The summed E-state index contributed by atoms with van der Waals surface area (Å²) in [5.41, 5.74) is 7.65. The van der Waals surface area contributed by atoms with Crippen LogP contribution >= 0.6 is 22.9 Å². The molecule has 2 heterocycles. The minimum Gasteiger partial charge on any atom is -0.369 e. The van der Waals surface area contributed by atoms with Gasteiger partial charge in [0.15, 0.2) is 0 Å². The Balaban J connectivity index is 2.11. The Morgan fingerprint density at radius 3 is 3.00 bits per heavy atom. The highest BCUT2D eigenvalue weighted by atomic mass is 35.5. The second-order valence-corrected chi connectivity index (χ2v) is 5.74. The molecule has 0 radical (unpaired) electrons. The number of aryl methyl sites for hydroxylation is 1. The molecule has 0 atom stereocenters. The van der Waals surface area contributed by atoms with Crippen LogP contribution in [-0.4, -0.2) is 14.5 Å². The largest absolute Gasteiger partial charge is 0.369 e. The van der Waals surface area contributed by atoms with Gasteiger partial charge in [0.1, 0.15) is 5.52 Å². The van der Waals surface area contributed by atoms with Crippen LogP contribution in [0.25, 0.3) is 11.0 Å². The number of halogens is 1. The van der Waals surface area contributed by atoms with E-state index in [0.29, 0.717) is 17.5 Å². The second kappa shape index (κ2) is 4.26. The van der Waals surface area contributed by atoms with Gasteiger partial charge in [0.2, 0.25) is 5.95 Å². The summed E-state index contributed by atoms with van der Waals surface area (Å²) in [5.74, 6) is 0.476. The van der Waals surface area contributed by atoms with Crippen LogP contribution in [0.5, 0.6) is 0 Å². The van der Waals surface area contributed by atoms with Crippen molar-refractivity contribution in [2.24, 2.45) is 0 Å². The zero-order chi connectivity index (χ0) is 12.7. The predicted molar refractivity (Wildman–Crippen MR) is 75.1 cm³/mol. The summed E-state index contributed by atoms with van der Waals surface area (Å²) in [6.07, 6.45) is 1.87. The minimum absolute atomic E-state index is 0.476. The van der Waals surface area contributed by atoms with Crippen LogP contribution in [0, 0.1) is 6.92 Å². The molecule has 18 heavy (non-hydrogen) atoms. The van der Waals surface area contributed by atoms with Gasteiger partial charge in [-0.05, 0) is 19.1 Å². The minimum atomic E-state index is 0.476. The lowest BCUT2D eigenvalue weighted by atomic mass is 10.3. The highest BCUT2D eigenvalue weighted by Crippen LogP contribution is 2.26. The van der Waals surface area contributed by atoms with Gasteiger partial charge in [-0.2, -0.15) is 0 Å². The molecule has 6 heteroatoms. The number of nitrogen functional groups attached to an aromatic ring is 1. The topological polar surface area (TPSA) is 56.7 Å². The van der Waals surface area contributed by atoms with E-state index in [9.17, 15) is 0 Å². The van der Waals surface area contributed by atoms with E-state index in [1.54, 1.807) is 11.3 Å². The molecule has 1 aromatic carbocycles. The van der Waals surface area contributed by atoms with Gasteiger partial charge in [0.25, 0.3) is 0 Å². The summed E-state index contributed by atoms with van der Waals surface area (Å²) < 4.78 is 1.95. The first-order valence-corrected chi connectivity index (χ1v) is 6.66. The van der Waals surface area contributed by atoms with Crippen molar-refractivity contribution in [1.29, 1.82) is 0 Å². The monoisotopic (exact) mass is 278 g/mol. The van der Waals surface area contributed by atoms with E-state index >= 15 is 0 Å². The molecule has 0 amide bonds. The molecule has 2 N–H and O–H groups in total. The van der Waals surface area contributed by atoms with Crippen molar-refractivity contribution in [2.45, 2.75) is 13.5 Å². The maximum atomic E-state index is 6.11. The first-order valence-electron chi connectivity index (χ1n) is 5.46. The van der Waals surface area contributed by atoms with Crippen molar-refractivity contribution in [3.63, 3.8) is 0 Å². The van der Waals surface area contributed by atoms with Gasteiger partial charge in [0.05, 0.1) is 22.1 Å². The van der Waals surface area contributed by atoms with Crippen LogP contribution in [-0.2, 0) is 6.54 Å². The average Bonchev–Trinajstić information content (AvgIpc) is 2.87. The zero-order valence-electron chi connectivity index (χ0n) is 9.72. The van der Waals surface area contributed by atoms with Crippen LogP contribution < -0.4 is 5.73 Å². The zero-order valence-corrected chi connectivity index (χ0v) is 11.3. The predicted octanol–water partition coefficient (Wildman–Crippen LogP) is 3.09. The number of benzene rings is 1. The van der Waals surface area contributed by atoms with Gasteiger partial charge in [-0.25, -0.2) is 9.97 Å². The molecule has 3 aromatic rings. The van der Waals surface area contributed by atoms with E-state index in [1.807, 2.05) is 35.9 Å². The number of para-hydroxylation sites is 1. The van der Waals surface area contributed by atoms with Crippen molar-refractivity contribution in [3.8, 4) is 0 Å². The molecule has 0 unspecified atom stereocenters. The molecule has 0 bridgehead atoms.